The molecule has 14 heteroatoms. The minimum Gasteiger partial charge on any atom is -0.508 e. The molecule has 238 valence electrons. The molecule has 1 aromatic heterocycles. The number of benzene rings is 3. The topological polar surface area (TPSA) is 172 Å². The number of hydrogen-bond donors (Lipinski definition) is 3. The van der Waals surface area contributed by atoms with Crippen LogP contribution in [0.5, 0.6) is 11.5 Å². The Morgan fingerprint density at radius 1 is 0.979 bits per heavy atom. The van der Waals surface area contributed by atoms with E-state index in [0.717, 1.165) is 21.9 Å². The Kier molecular flexibility index (Phi) is 6.95. The summed E-state index contributed by atoms with van der Waals surface area (Å²) >= 11 is 2.76. The number of nitro benzene ring substituents is 1. The first-order chi connectivity index (χ1) is 22.7. The van der Waals surface area contributed by atoms with Gasteiger partial charge in [0.15, 0.2) is 6.61 Å². The van der Waals surface area contributed by atoms with Gasteiger partial charge in [-0.05, 0) is 78.3 Å². The van der Waals surface area contributed by atoms with E-state index < -0.39 is 16.8 Å². The third kappa shape index (κ3) is 4.81. The highest BCUT2D eigenvalue weighted by Gasteiger charge is 2.69. The summed E-state index contributed by atoms with van der Waals surface area (Å²) in [5.74, 6) is -1.62. The SMILES string of the molecule is O=C(COc1ccc([C@H]2c3sc(=O)[nH]c3SC3C2[C@H]2C[C@@H]3C3C(=O)N(c4ccc([N+](=O)[O-])cc4)C(=O)C32)cc1)Nc1ccc(O)cc1. The van der Waals surface area contributed by atoms with Gasteiger partial charge >= 0.3 is 4.87 Å². The monoisotopic (exact) mass is 670 g/mol. The summed E-state index contributed by atoms with van der Waals surface area (Å²) < 4.78 is 5.73. The fourth-order valence-electron chi connectivity index (χ4n) is 8.03. The van der Waals surface area contributed by atoms with Gasteiger partial charge in [0.2, 0.25) is 11.8 Å². The molecule has 1 saturated heterocycles. The number of nitro groups is 1. The summed E-state index contributed by atoms with van der Waals surface area (Å²) in [4.78, 5) is 68.3. The van der Waals surface area contributed by atoms with Crippen molar-refractivity contribution >= 4 is 57.9 Å². The van der Waals surface area contributed by atoms with E-state index in [4.69, 9.17) is 4.74 Å². The largest absolute Gasteiger partial charge is 0.508 e. The van der Waals surface area contributed by atoms with Crippen LogP contribution in [-0.4, -0.2) is 44.6 Å². The predicted molar refractivity (Wildman–Crippen MR) is 173 cm³/mol. The number of ether oxygens (including phenoxy) is 1. The molecular formula is C33H26N4O8S2. The number of carbonyl (C=O) groups is 3. The van der Waals surface area contributed by atoms with Gasteiger partial charge in [-0.15, -0.1) is 11.8 Å². The molecule has 2 aliphatic heterocycles. The van der Waals surface area contributed by atoms with Gasteiger partial charge in [0, 0.05) is 33.9 Å². The number of fused-ring (bicyclic) bond motifs is 9. The van der Waals surface area contributed by atoms with Crippen molar-refractivity contribution in [2.45, 2.75) is 22.6 Å². The number of aromatic nitrogens is 1. The Hall–Kier alpha value is -4.95. The minimum atomic E-state index is -0.521. The molecule has 0 spiro atoms. The van der Waals surface area contributed by atoms with Crippen LogP contribution >= 0.6 is 23.1 Å². The molecule has 2 saturated carbocycles. The number of thiazole rings is 1. The number of nitrogens with zero attached hydrogens (tertiary/aromatic N) is 2. The molecule has 2 bridgehead atoms. The fourth-order valence-corrected chi connectivity index (χ4v) is 10.9. The van der Waals surface area contributed by atoms with Crippen molar-refractivity contribution in [2.24, 2.45) is 29.6 Å². The van der Waals surface area contributed by atoms with Crippen LogP contribution in [0.15, 0.2) is 82.6 Å². The molecule has 3 aromatic carbocycles. The van der Waals surface area contributed by atoms with Crippen LogP contribution in [0.2, 0.25) is 0 Å². The van der Waals surface area contributed by atoms with Crippen molar-refractivity contribution in [2.75, 3.05) is 16.8 Å². The van der Waals surface area contributed by atoms with Gasteiger partial charge in [0.1, 0.15) is 11.5 Å². The second kappa shape index (κ2) is 11.1. The minimum absolute atomic E-state index is 0.00150. The van der Waals surface area contributed by atoms with E-state index in [1.54, 1.807) is 36.0 Å². The lowest BCUT2D eigenvalue weighted by Crippen LogP contribution is -2.42. The highest BCUT2D eigenvalue weighted by Crippen LogP contribution is 2.68. The van der Waals surface area contributed by atoms with Gasteiger partial charge in [-0.3, -0.25) is 34.2 Å². The van der Waals surface area contributed by atoms with Crippen LogP contribution in [0, 0.1) is 39.7 Å². The maximum absolute atomic E-state index is 13.9. The number of aromatic hydroxyl groups is 1. The lowest BCUT2D eigenvalue weighted by Gasteiger charge is -2.43. The first kappa shape index (κ1) is 29.5. The van der Waals surface area contributed by atoms with E-state index in [0.29, 0.717) is 17.1 Å². The zero-order valence-corrected chi connectivity index (χ0v) is 26.0. The van der Waals surface area contributed by atoms with E-state index in [9.17, 15) is 34.4 Å². The molecular weight excluding hydrogens is 645 g/mol. The van der Waals surface area contributed by atoms with Crippen molar-refractivity contribution < 1.29 is 29.2 Å². The summed E-state index contributed by atoms with van der Waals surface area (Å²) in [6, 6.07) is 19.0. The van der Waals surface area contributed by atoms with Gasteiger partial charge < -0.3 is 20.1 Å². The molecule has 0 radical (unpaired) electrons. The number of hydrogen-bond acceptors (Lipinski definition) is 10. The number of phenolic OH excluding ortho intramolecular Hbond substituents is 1. The molecule has 12 nitrogen and oxygen atoms in total. The maximum Gasteiger partial charge on any atom is 0.305 e. The molecule has 3 amide bonds. The van der Waals surface area contributed by atoms with Crippen LogP contribution in [0.1, 0.15) is 22.8 Å². The van der Waals surface area contributed by atoms with E-state index >= 15 is 0 Å². The van der Waals surface area contributed by atoms with E-state index in [-0.39, 0.29) is 69.6 Å². The number of imide groups is 1. The van der Waals surface area contributed by atoms with Crippen molar-refractivity contribution in [3.8, 4) is 11.5 Å². The van der Waals surface area contributed by atoms with E-state index in [1.807, 2.05) is 12.1 Å². The molecule has 2 aliphatic carbocycles. The number of H-pyrrole nitrogens is 1. The summed E-state index contributed by atoms with van der Waals surface area (Å²) in [6.07, 6.45) is 0.732. The predicted octanol–water partition coefficient (Wildman–Crippen LogP) is 4.75. The summed E-state index contributed by atoms with van der Waals surface area (Å²) in [6.45, 7) is -0.219. The fraction of sp³-hybridized carbons (Fsp3) is 0.273. The summed E-state index contributed by atoms with van der Waals surface area (Å²) in [5.41, 5.74) is 1.70. The van der Waals surface area contributed by atoms with Crippen LogP contribution in [0.25, 0.3) is 0 Å². The van der Waals surface area contributed by atoms with Crippen LogP contribution in [0.4, 0.5) is 17.1 Å². The van der Waals surface area contributed by atoms with Gasteiger partial charge in [0.05, 0.1) is 27.5 Å². The quantitative estimate of drug-likeness (QED) is 0.109. The number of nitrogens with one attached hydrogen (secondary N) is 2. The van der Waals surface area contributed by atoms with Gasteiger partial charge in [-0.2, -0.15) is 0 Å². The Labute approximate surface area is 274 Å². The first-order valence-corrected chi connectivity index (χ1v) is 16.7. The number of aromatic amines is 1. The Balaban J connectivity index is 1.05. The second-order valence-electron chi connectivity index (χ2n) is 12.2. The average molecular weight is 671 g/mol. The van der Waals surface area contributed by atoms with Crippen molar-refractivity contribution in [3.63, 3.8) is 0 Å². The number of thioether (sulfide) groups is 1. The third-order valence-electron chi connectivity index (χ3n) is 9.80. The molecule has 4 unspecified atom stereocenters. The molecule has 4 aliphatic rings. The van der Waals surface area contributed by atoms with Crippen LogP contribution in [0.3, 0.4) is 0 Å². The van der Waals surface area contributed by atoms with Crippen molar-refractivity contribution in [1.82, 2.24) is 4.98 Å². The molecule has 3 N–H and O–H groups in total. The van der Waals surface area contributed by atoms with E-state index in [1.165, 1.54) is 52.6 Å². The van der Waals surface area contributed by atoms with Gasteiger partial charge in [-0.1, -0.05) is 23.5 Å². The van der Waals surface area contributed by atoms with Crippen molar-refractivity contribution in [1.29, 1.82) is 0 Å². The number of non-ortho nitro benzene ring substituents is 1. The standard InChI is InChI=1S/C33H26N4O8S2/c38-19-9-3-16(4-10-19)34-23(39)14-45-20-11-1-15(2-12-20)24-25-21-13-22(28(25)46-30-29(24)47-33(42)35-30)27-26(21)31(40)36(32(27)41)17-5-7-18(8-6-17)37(43)44/h1-12,21-22,24-28,38H,13-14H2,(H,34,39)(H,35,42)/t21-,22-,24-,25?,26?,27?,28?/m1/s1. The molecule has 7 atom stereocenters. The van der Waals surface area contributed by atoms with Crippen LogP contribution in [-0.2, 0) is 14.4 Å². The maximum atomic E-state index is 13.9. The Morgan fingerprint density at radius 2 is 1.66 bits per heavy atom. The lowest BCUT2D eigenvalue weighted by atomic mass is 9.68. The first-order valence-electron chi connectivity index (χ1n) is 15.0. The molecule has 3 heterocycles. The number of amides is 3. The molecule has 47 heavy (non-hydrogen) atoms. The average Bonchev–Trinajstić information content (AvgIpc) is 3.80. The van der Waals surface area contributed by atoms with Gasteiger partial charge in [0.25, 0.3) is 11.6 Å². The third-order valence-corrected chi connectivity index (χ3v) is 12.4. The number of phenols is 1. The lowest BCUT2D eigenvalue weighted by molar-refractivity contribution is -0.384. The van der Waals surface area contributed by atoms with Crippen LogP contribution < -0.4 is 19.8 Å². The normalized spacial score (nSPS) is 26.9. The second-order valence-corrected chi connectivity index (χ2v) is 14.4. The Bertz CT molecular complexity index is 1990. The smallest absolute Gasteiger partial charge is 0.305 e. The summed E-state index contributed by atoms with van der Waals surface area (Å²) in [7, 11) is 0. The molecule has 8 rings (SSSR count). The summed E-state index contributed by atoms with van der Waals surface area (Å²) in [5, 5.41) is 24.1. The zero-order chi connectivity index (χ0) is 32.6. The van der Waals surface area contributed by atoms with Crippen molar-refractivity contribution in [3.05, 3.63) is 103 Å². The van der Waals surface area contributed by atoms with Gasteiger partial charge in [-0.25, -0.2) is 0 Å². The number of anilines is 2. The Morgan fingerprint density at radius 3 is 2.34 bits per heavy atom. The zero-order valence-electron chi connectivity index (χ0n) is 24.4. The number of rotatable bonds is 7. The highest BCUT2D eigenvalue weighted by atomic mass is 32.2. The molecule has 3 fully saturated rings. The molecule has 4 aromatic rings. The van der Waals surface area contributed by atoms with E-state index in [2.05, 4.69) is 10.3 Å². The highest BCUT2D eigenvalue weighted by molar-refractivity contribution is 8.00. The number of carbonyl (C=O) groups excluding carboxylic acids is 3.